The molecule has 5 aliphatic heterocycles. The molecule has 15 bridgehead atoms. The maximum Gasteiger partial charge on any atom is 0.333 e. The van der Waals surface area contributed by atoms with Gasteiger partial charge in [0.2, 0.25) is 35.3 Å². The van der Waals surface area contributed by atoms with Crippen molar-refractivity contribution in [2.24, 2.45) is 11.5 Å². The Hall–Kier alpha value is -10.5. The van der Waals surface area contributed by atoms with Gasteiger partial charge in [-0.3, -0.25) is 24.0 Å². The number of carboxylic acids is 1. The van der Waals surface area contributed by atoms with Gasteiger partial charge >= 0.3 is 11.9 Å². The van der Waals surface area contributed by atoms with Crippen molar-refractivity contribution >= 4 is 64.7 Å². The number of hydrogen-bond acceptors (Lipinski definition) is 20. The van der Waals surface area contributed by atoms with E-state index >= 15 is 9.59 Å². The third-order valence-electron chi connectivity index (χ3n) is 14.4. The number of nitrogens with two attached hydrogens (primary N) is 2. The summed E-state index contributed by atoms with van der Waals surface area (Å²) < 4.78 is 23.3. The van der Waals surface area contributed by atoms with E-state index in [9.17, 15) is 64.8 Å². The number of carboxylic acid groups (broad SMARTS) is 1. The summed E-state index contributed by atoms with van der Waals surface area (Å²) in [5, 5.41) is 102. The van der Waals surface area contributed by atoms with Crippen molar-refractivity contribution in [1.29, 1.82) is 0 Å². The highest BCUT2D eigenvalue weighted by atomic mass is 35.5. The number of aliphatic carboxylic acids is 1. The smallest absolute Gasteiger partial charge is 0.333 e. The number of carbonyl (C=O) groups is 7. The lowest BCUT2D eigenvalue weighted by molar-refractivity contribution is -0.146. The fourth-order valence-electron chi connectivity index (χ4n) is 9.95. The first-order chi connectivity index (χ1) is 41.3. The highest BCUT2D eigenvalue weighted by Crippen LogP contribution is 2.48. The molecule has 17 N–H and O–H groups in total. The molecular weight excluding hydrogens is 1180 g/mol. The normalized spacial score (nSPS) is 21.3. The Labute approximate surface area is 500 Å². The van der Waals surface area contributed by atoms with Crippen LogP contribution in [0.15, 0.2) is 115 Å². The monoisotopic (exact) mass is 1230 g/mol. The SMILES string of the molecule is COC(=O)C1NC(=O)C2NC(=O)C(NC(=O)C3NC(=O)C(N)c4cc(O)cc(c4)Oc4cc(ccc4O)C(N)C(=O)NC(C(=O)O)Cc4ccc(c(Cl)c4)Oc4cc3cc(c4O)Oc3ccc(cc3Cl)C2O)c2ccc(O)c(c2)-c2c(O)cc(O)cc21. The van der Waals surface area contributed by atoms with E-state index in [1.54, 1.807) is 0 Å². The fraction of sp³-hybridized carbons (Fsp3) is 0.169. The number of esters is 1. The van der Waals surface area contributed by atoms with Gasteiger partial charge in [0.05, 0.1) is 17.2 Å². The van der Waals surface area contributed by atoms with Crippen LogP contribution in [0.5, 0.6) is 69.0 Å². The number of methoxy groups -OCH3 is 1. The third kappa shape index (κ3) is 12.1. The van der Waals surface area contributed by atoms with Crippen LogP contribution in [-0.4, -0.2) is 102 Å². The molecule has 448 valence electrons. The van der Waals surface area contributed by atoms with E-state index in [-0.39, 0.29) is 84.0 Å². The fourth-order valence-corrected chi connectivity index (χ4v) is 10.4. The van der Waals surface area contributed by atoms with Crippen LogP contribution >= 0.6 is 23.2 Å². The van der Waals surface area contributed by atoms with E-state index in [1.807, 2.05) is 0 Å². The number of halogens is 2. The number of phenolic OH excluding ortho intramolecular Hbond substituents is 6. The van der Waals surface area contributed by atoms with Gasteiger partial charge in [-0.1, -0.05) is 47.5 Å². The second-order valence-corrected chi connectivity index (χ2v) is 21.0. The van der Waals surface area contributed by atoms with Gasteiger partial charge in [-0.15, -0.1) is 0 Å². The minimum absolute atomic E-state index is 0.0238. The third-order valence-corrected chi connectivity index (χ3v) is 15.0. The summed E-state index contributed by atoms with van der Waals surface area (Å²) in [4.78, 5) is 99.9. The van der Waals surface area contributed by atoms with Crippen molar-refractivity contribution in [2.75, 3.05) is 7.11 Å². The van der Waals surface area contributed by atoms with Crippen molar-refractivity contribution in [3.63, 3.8) is 0 Å². The molecule has 7 aromatic rings. The summed E-state index contributed by atoms with van der Waals surface area (Å²) in [6.07, 6.45) is -2.47. The number of fused-ring (bicyclic) bond motifs is 15. The molecule has 12 rings (SSSR count). The summed E-state index contributed by atoms with van der Waals surface area (Å²) >= 11 is 13.6. The van der Waals surface area contributed by atoms with Gasteiger partial charge in [0.15, 0.2) is 29.0 Å². The number of aliphatic hydroxyl groups excluding tert-OH is 1. The molecule has 28 heteroatoms. The van der Waals surface area contributed by atoms with Gasteiger partial charge in [0.1, 0.15) is 82.6 Å². The predicted molar refractivity (Wildman–Crippen MR) is 303 cm³/mol. The quantitative estimate of drug-likeness (QED) is 0.101. The molecule has 0 aliphatic carbocycles. The molecule has 0 aromatic heterocycles. The van der Waals surface area contributed by atoms with Crippen LogP contribution in [0.2, 0.25) is 10.0 Å². The molecular formula is C59H49Cl2N7O19. The van der Waals surface area contributed by atoms with Crippen LogP contribution in [-0.2, 0) is 44.7 Å². The molecule has 0 fully saturated rings. The number of aliphatic hydroxyl groups is 1. The lowest BCUT2D eigenvalue weighted by Crippen LogP contribution is -2.55. The Bertz CT molecular complexity index is 4040. The molecule has 8 atom stereocenters. The van der Waals surface area contributed by atoms with Crippen molar-refractivity contribution in [2.45, 2.75) is 54.8 Å². The molecule has 5 amide bonds. The Morgan fingerprint density at radius 2 is 1.13 bits per heavy atom. The van der Waals surface area contributed by atoms with E-state index < -0.39 is 141 Å². The number of phenols is 6. The molecule has 7 aromatic carbocycles. The van der Waals surface area contributed by atoms with Gasteiger partial charge in [0.25, 0.3) is 0 Å². The average Bonchev–Trinajstić information content (AvgIpc) is 1.13. The Morgan fingerprint density at radius 3 is 1.80 bits per heavy atom. The number of carbonyl (C=O) groups excluding carboxylic acids is 6. The van der Waals surface area contributed by atoms with Crippen LogP contribution in [0, 0.1) is 0 Å². The summed E-state index contributed by atoms with van der Waals surface area (Å²) in [7, 11) is 0.963. The Balaban J connectivity index is 1.18. The van der Waals surface area contributed by atoms with Gasteiger partial charge in [-0.2, -0.15) is 0 Å². The average molecular weight is 1230 g/mol. The number of aromatic hydroxyl groups is 6. The molecule has 0 radical (unpaired) electrons. The van der Waals surface area contributed by atoms with E-state index in [0.29, 0.717) is 0 Å². The molecule has 87 heavy (non-hydrogen) atoms. The lowest BCUT2D eigenvalue weighted by Gasteiger charge is -2.31. The molecule has 0 saturated carbocycles. The number of rotatable bonds is 2. The van der Waals surface area contributed by atoms with E-state index in [1.165, 1.54) is 42.5 Å². The maximum atomic E-state index is 15.5. The zero-order valence-electron chi connectivity index (χ0n) is 44.8. The van der Waals surface area contributed by atoms with E-state index in [0.717, 1.165) is 79.9 Å². The topological polar surface area (TPSA) is 430 Å². The second-order valence-electron chi connectivity index (χ2n) is 20.2. The van der Waals surface area contributed by atoms with Crippen LogP contribution in [0.1, 0.15) is 75.3 Å². The Morgan fingerprint density at radius 1 is 0.540 bits per heavy atom. The number of hydrogen-bond donors (Lipinski definition) is 15. The minimum atomic E-state index is -2.13. The predicted octanol–water partition coefficient (Wildman–Crippen LogP) is 4.99. The second kappa shape index (κ2) is 23.9. The van der Waals surface area contributed by atoms with Crippen molar-refractivity contribution in [3.8, 4) is 80.1 Å². The summed E-state index contributed by atoms with van der Waals surface area (Å²) in [5.74, 6) is -14.7. The standard InChI is InChI=1S/C59H49Cl2N7O19/c1-84-59(83)49-32-20-29(70)21-38(73)44(32)31-14-24(4-6-36(31)71)47-55(78)68-50(57(80)67-49)51(74)25-5-9-40(34(61)15-25)87-43-18-27-17-42(52(43)75)86-39-8-2-22(10-33(39)60)11-35(58(81)82)64-53(76)45(62)23-3-7-37(72)41(16-23)85-30-13-26(12-28(69)19-30)46(63)54(77)65-48(27)56(79)66-47/h2-10,12-21,35,45-51,69-75H,11,62-63H2,1H3,(H,64,76)(H,65,77)(H,66,79)(H,67,80)(H,68,78)(H,81,82). The molecule has 5 aliphatic rings. The lowest BCUT2D eigenvalue weighted by atomic mass is 9.89. The largest absolute Gasteiger partial charge is 0.508 e. The zero-order valence-corrected chi connectivity index (χ0v) is 46.3. The molecule has 0 saturated heterocycles. The van der Waals surface area contributed by atoms with Crippen molar-refractivity contribution in [1.82, 2.24) is 26.6 Å². The highest BCUT2D eigenvalue weighted by Gasteiger charge is 2.41. The first-order valence-electron chi connectivity index (χ1n) is 25.9. The number of ether oxygens (including phenoxy) is 4. The first kappa shape index (κ1) is 59.6. The maximum absolute atomic E-state index is 15.5. The van der Waals surface area contributed by atoms with Crippen molar-refractivity contribution < 1.29 is 93.4 Å². The van der Waals surface area contributed by atoms with Crippen LogP contribution < -0.4 is 52.3 Å². The van der Waals surface area contributed by atoms with Crippen LogP contribution in [0.3, 0.4) is 0 Å². The van der Waals surface area contributed by atoms with Gasteiger partial charge in [-0.25, -0.2) is 9.59 Å². The number of nitrogens with one attached hydrogen (secondary N) is 5. The summed E-state index contributed by atoms with van der Waals surface area (Å²) in [6.45, 7) is 0. The molecule has 0 spiro atoms. The van der Waals surface area contributed by atoms with Gasteiger partial charge < -0.3 is 97.9 Å². The first-order valence-corrected chi connectivity index (χ1v) is 26.7. The minimum Gasteiger partial charge on any atom is -0.508 e. The zero-order chi connectivity index (χ0) is 62.4. The summed E-state index contributed by atoms with van der Waals surface area (Å²) in [6, 6.07) is 8.36. The number of amides is 5. The van der Waals surface area contributed by atoms with Gasteiger partial charge in [0, 0.05) is 35.2 Å². The van der Waals surface area contributed by atoms with Crippen molar-refractivity contribution in [3.05, 3.63) is 164 Å². The highest BCUT2D eigenvalue weighted by molar-refractivity contribution is 6.32. The molecule has 8 unspecified atom stereocenters. The van der Waals surface area contributed by atoms with E-state index in [2.05, 4.69) is 26.6 Å². The molecule has 26 nitrogen and oxygen atoms in total. The Kier molecular flexibility index (Phi) is 16.4. The number of benzene rings is 7. The van der Waals surface area contributed by atoms with Crippen LogP contribution in [0.4, 0.5) is 0 Å². The van der Waals surface area contributed by atoms with Crippen LogP contribution in [0.25, 0.3) is 11.1 Å². The molecule has 5 heterocycles. The van der Waals surface area contributed by atoms with E-state index in [4.69, 9.17) is 53.6 Å². The summed E-state index contributed by atoms with van der Waals surface area (Å²) in [5.41, 5.74) is 11.1. The van der Waals surface area contributed by atoms with Gasteiger partial charge in [-0.05, 0) is 112 Å².